The Morgan fingerprint density at radius 2 is 1.90 bits per heavy atom. The number of Topliss-reactive ketones (excluding diaryl/α,β-unsaturated/α-hetero) is 1. The number of fused-ring (bicyclic) bond motifs is 5. The summed E-state index contributed by atoms with van der Waals surface area (Å²) in [6, 6.07) is 0. The second kappa shape index (κ2) is 4.21. The monoisotopic (exact) mass is 272 g/mol. The molecule has 0 bridgehead atoms. The summed E-state index contributed by atoms with van der Waals surface area (Å²) in [6.07, 6.45) is 14.9. The third-order valence-electron chi connectivity index (χ3n) is 7.87. The molecular formula is C19H28O. The van der Waals surface area contributed by atoms with E-state index in [0.29, 0.717) is 17.1 Å². The molecule has 0 N–H and O–H groups in total. The van der Waals surface area contributed by atoms with Gasteiger partial charge in [0, 0.05) is 11.8 Å². The quantitative estimate of drug-likeness (QED) is 0.581. The van der Waals surface area contributed by atoms with E-state index in [9.17, 15) is 4.79 Å². The molecular weight excluding hydrogens is 244 g/mol. The maximum Gasteiger partial charge on any atom is 0.139 e. The molecule has 0 amide bonds. The summed E-state index contributed by atoms with van der Waals surface area (Å²) in [6.45, 7) is 4.86. The van der Waals surface area contributed by atoms with Crippen LogP contribution in [-0.4, -0.2) is 5.78 Å². The summed E-state index contributed by atoms with van der Waals surface area (Å²) < 4.78 is 0. The molecule has 4 aliphatic rings. The predicted molar refractivity (Wildman–Crippen MR) is 81.3 cm³/mol. The third kappa shape index (κ3) is 1.53. The van der Waals surface area contributed by atoms with Crippen LogP contribution in [0.4, 0.5) is 0 Å². The molecule has 1 nitrogen and oxygen atoms in total. The van der Waals surface area contributed by atoms with Crippen molar-refractivity contribution in [1.82, 2.24) is 0 Å². The van der Waals surface area contributed by atoms with Crippen LogP contribution >= 0.6 is 0 Å². The minimum absolute atomic E-state index is 0.0505. The molecule has 3 fully saturated rings. The lowest BCUT2D eigenvalue weighted by atomic mass is 9.46. The number of hydrogen-bond donors (Lipinski definition) is 0. The van der Waals surface area contributed by atoms with Gasteiger partial charge in [0.15, 0.2) is 0 Å². The molecule has 0 unspecified atom stereocenters. The van der Waals surface area contributed by atoms with Crippen molar-refractivity contribution in [3.8, 4) is 0 Å². The van der Waals surface area contributed by atoms with Crippen molar-refractivity contribution in [3.63, 3.8) is 0 Å². The fourth-order valence-electron chi connectivity index (χ4n) is 6.60. The highest BCUT2D eigenvalue weighted by molar-refractivity contribution is 5.87. The maximum atomic E-state index is 12.4. The van der Waals surface area contributed by atoms with Crippen molar-refractivity contribution < 1.29 is 4.79 Å². The summed E-state index contributed by atoms with van der Waals surface area (Å²) in [5.74, 6) is 3.83. The molecule has 0 heterocycles. The van der Waals surface area contributed by atoms with Gasteiger partial charge in [-0.1, -0.05) is 26.0 Å². The van der Waals surface area contributed by atoms with Crippen molar-refractivity contribution >= 4 is 5.78 Å². The van der Waals surface area contributed by atoms with Crippen LogP contribution in [0, 0.1) is 34.5 Å². The Kier molecular flexibility index (Phi) is 2.76. The Hall–Kier alpha value is -0.590. The van der Waals surface area contributed by atoms with Crippen molar-refractivity contribution in [2.75, 3.05) is 0 Å². The van der Waals surface area contributed by atoms with E-state index in [2.05, 4.69) is 26.0 Å². The van der Waals surface area contributed by atoms with E-state index in [0.717, 1.165) is 24.2 Å². The Bertz CT molecular complexity index is 464. The van der Waals surface area contributed by atoms with E-state index in [1.165, 1.54) is 44.9 Å². The van der Waals surface area contributed by atoms with Crippen molar-refractivity contribution in [1.29, 1.82) is 0 Å². The standard InChI is InChI=1S/C19H28O/c1-18-11-4-3-5-13(18)6-7-14-15-8-9-17(20)19(15,2)12-10-16(14)18/h3,5,13-16H,4,6-12H2,1-2H3/t13-,14+,15+,16+,18+,19+/m1/s1. The third-order valence-corrected chi connectivity index (χ3v) is 7.87. The van der Waals surface area contributed by atoms with E-state index >= 15 is 0 Å². The van der Waals surface area contributed by atoms with E-state index in [1.807, 2.05) is 0 Å². The van der Waals surface area contributed by atoms with Gasteiger partial charge in [-0.3, -0.25) is 4.79 Å². The Labute approximate surface area is 123 Å². The van der Waals surface area contributed by atoms with Crippen LogP contribution in [0.15, 0.2) is 12.2 Å². The SMILES string of the molecule is C[C@]12CCC=C[C@@H]1CC[C@@H]1[C@@H]2CC[C@]2(C)C(=O)CC[C@@H]12. The highest BCUT2D eigenvalue weighted by Crippen LogP contribution is 2.64. The minimum Gasteiger partial charge on any atom is -0.299 e. The molecule has 0 aromatic carbocycles. The van der Waals surface area contributed by atoms with Gasteiger partial charge >= 0.3 is 0 Å². The highest BCUT2D eigenvalue weighted by atomic mass is 16.1. The molecule has 0 saturated heterocycles. The van der Waals surface area contributed by atoms with Crippen LogP contribution in [0.25, 0.3) is 0 Å². The van der Waals surface area contributed by atoms with Crippen molar-refractivity contribution in [2.24, 2.45) is 34.5 Å². The minimum atomic E-state index is 0.0505. The number of ketones is 1. The average Bonchev–Trinajstić information content (AvgIpc) is 2.74. The summed E-state index contributed by atoms with van der Waals surface area (Å²) in [7, 11) is 0. The molecule has 3 saturated carbocycles. The molecule has 0 aromatic heterocycles. The fourth-order valence-corrected chi connectivity index (χ4v) is 6.60. The van der Waals surface area contributed by atoms with Gasteiger partial charge in [-0.05, 0) is 74.0 Å². The number of hydrogen-bond acceptors (Lipinski definition) is 1. The zero-order chi connectivity index (χ0) is 14.0. The van der Waals surface area contributed by atoms with Gasteiger partial charge < -0.3 is 0 Å². The number of carbonyl (C=O) groups excluding carboxylic acids is 1. The molecule has 6 atom stereocenters. The van der Waals surface area contributed by atoms with Gasteiger partial charge in [0.2, 0.25) is 0 Å². The van der Waals surface area contributed by atoms with Crippen LogP contribution in [0.2, 0.25) is 0 Å². The van der Waals surface area contributed by atoms with Crippen LogP contribution < -0.4 is 0 Å². The second-order valence-electron chi connectivity index (χ2n) is 8.45. The van der Waals surface area contributed by atoms with Gasteiger partial charge in [0.25, 0.3) is 0 Å². The first-order valence-corrected chi connectivity index (χ1v) is 8.76. The van der Waals surface area contributed by atoms with Crippen LogP contribution in [0.5, 0.6) is 0 Å². The fraction of sp³-hybridized carbons (Fsp3) is 0.842. The number of rotatable bonds is 0. The lowest BCUT2D eigenvalue weighted by Crippen LogP contribution is -2.52. The largest absolute Gasteiger partial charge is 0.299 e. The lowest BCUT2D eigenvalue weighted by Gasteiger charge is -2.58. The van der Waals surface area contributed by atoms with E-state index in [-0.39, 0.29) is 5.41 Å². The molecule has 0 aliphatic heterocycles. The van der Waals surface area contributed by atoms with E-state index in [4.69, 9.17) is 0 Å². The van der Waals surface area contributed by atoms with Gasteiger partial charge in [-0.2, -0.15) is 0 Å². The topological polar surface area (TPSA) is 17.1 Å². The molecule has 4 aliphatic carbocycles. The molecule has 1 heteroatoms. The molecule has 0 aromatic rings. The Balaban J connectivity index is 1.68. The van der Waals surface area contributed by atoms with Crippen LogP contribution in [0.3, 0.4) is 0 Å². The highest BCUT2D eigenvalue weighted by Gasteiger charge is 2.59. The number of carbonyl (C=O) groups is 1. The molecule has 110 valence electrons. The zero-order valence-corrected chi connectivity index (χ0v) is 13.0. The van der Waals surface area contributed by atoms with Crippen LogP contribution in [-0.2, 0) is 4.79 Å². The van der Waals surface area contributed by atoms with Gasteiger partial charge in [-0.25, -0.2) is 0 Å². The van der Waals surface area contributed by atoms with Crippen LogP contribution in [0.1, 0.15) is 65.2 Å². The first-order chi connectivity index (χ1) is 9.56. The zero-order valence-electron chi connectivity index (χ0n) is 13.0. The van der Waals surface area contributed by atoms with E-state index in [1.54, 1.807) is 0 Å². The Morgan fingerprint density at radius 1 is 1.05 bits per heavy atom. The van der Waals surface area contributed by atoms with E-state index < -0.39 is 0 Å². The van der Waals surface area contributed by atoms with Gasteiger partial charge in [-0.15, -0.1) is 0 Å². The average molecular weight is 272 g/mol. The molecule has 0 radical (unpaired) electrons. The summed E-state index contributed by atoms with van der Waals surface area (Å²) in [4.78, 5) is 12.4. The van der Waals surface area contributed by atoms with Crippen molar-refractivity contribution in [3.05, 3.63) is 12.2 Å². The summed E-state index contributed by atoms with van der Waals surface area (Å²) >= 11 is 0. The lowest BCUT2D eigenvalue weighted by molar-refractivity contribution is -0.135. The smallest absolute Gasteiger partial charge is 0.139 e. The first-order valence-electron chi connectivity index (χ1n) is 8.76. The molecule has 4 rings (SSSR count). The van der Waals surface area contributed by atoms with Gasteiger partial charge in [0.05, 0.1) is 0 Å². The Morgan fingerprint density at radius 3 is 2.75 bits per heavy atom. The summed E-state index contributed by atoms with van der Waals surface area (Å²) in [5.41, 5.74) is 0.583. The van der Waals surface area contributed by atoms with Crippen molar-refractivity contribution in [2.45, 2.75) is 65.2 Å². The summed E-state index contributed by atoms with van der Waals surface area (Å²) in [5, 5.41) is 0. The maximum absolute atomic E-state index is 12.4. The molecule has 20 heavy (non-hydrogen) atoms. The normalized spacial score (nSPS) is 54.2. The van der Waals surface area contributed by atoms with Gasteiger partial charge in [0.1, 0.15) is 5.78 Å². The first kappa shape index (κ1) is 13.1. The second-order valence-corrected chi connectivity index (χ2v) is 8.45. The predicted octanol–water partition coefficient (Wildman–Crippen LogP) is 4.76. The number of allylic oxidation sites excluding steroid dienone is 2. The molecule has 0 spiro atoms.